The standard InChI is InChI=1S/C19H21ClN2O3S/c20-18-7-6-17(26-18)16(23)5-8-19(24)21-15-3-1-14(2-4-15)13-22-9-11-25-12-10-22/h1-4,6-7H,5,8-13H2,(H,21,24). The van der Waals surface area contributed by atoms with Crippen molar-refractivity contribution in [2.24, 2.45) is 0 Å². The smallest absolute Gasteiger partial charge is 0.224 e. The molecule has 1 aliphatic rings. The van der Waals surface area contributed by atoms with E-state index in [-0.39, 0.29) is 24.5 Å². The Kier molecular flexibility index (Phi) is 6.80. The van der Waals surface area contributed by atoms with Gasteiger partial charge in [-0.3, -0.25) is 14.5 Å². The number of ketones is 1. The molecule has 0 unspecified atom stereocenters. The van der Waals surface area contributed by atoms with Crippen LogP contribution in [0.2, 0.25) is 4.34 Å². The summed E-state index contributed by atoms with van der Waals surface area (Å²) in [5.41, 5.74) is 1.95. The summed E-state index contributed by atoms with van der Waals surface area (Å²) >= 11 is 7.07. The highest BCUT2D eigenvalue weighted by Gasteiger charge is 2.13. The SMILES string of the molecule is O=C(CCC(=O)c1ccc(Cl)s1)Nc1ccc(CN2CCOCC2)cc1. The lowest BCUT2D eigenvalue weighted by atomic mass is 10.1. The number of amides is 1. The van der Waals surface area contributed by atoms with Crippen LogP contribution in [0.15, 0.2) is 36.4 Å². The maximum atomic E-state index is 12.0. The van der Waals surface area contributed by atoms with Crippen molar-refractivity contribution in [2.75, 3.05) is 31.6 Å². The number of hydrogen-bond acceptors (Lipinski definition) is 5. The van der Waals surface area contributed by atoms with Gasteiger partial charge in [0.25, 0.3) is 0 Å². The molecule has 0 radical (unpaired) electrons. The molecule has 1 fully saturated rings. The Labute approximate surface area is 161 Å². The van der Waals surface area contributed by atoms with Crippen molar-refractivity contribution < 1.29 is 14.3 Å². The fraction of sp³-hybridized carbons (Fsp3) is 0.368. The second kappa shape index (κ2) is 9.28. The molecule has 26 heavy (non-hydrogen) atoms. The van der Waals surface area contributed by atoms with Gasteiger partial charge in [0.05, 0.1) is 22.4 Å². The second-order valence-electron chi connectivity index (χ2n) is 6.16. The predicted octanol–water partition coefficient (Wildman–Crippen LogP) is 3.84. The first kappa shape index (κ1) is 19.0. The molecule has 0 saturated carbocycles. The van der Waals surface area contributed by atoms with E-state index in [1.807, 2.05) is 24.3 Å². The quantitative estimate of drug-likeness (QED) is 0.727. The van der Waals surface area contributed by atoms with E-state index in [2.05, 4.69) is 10.2 Å². The van der Waals surface area contributed by atoms with Gasteiger partial charge >= 0.3 is 0 Å². The van der Waals surface area contributed by atoms with Crippen LogP contribution in [-0.4, -0.2) is 42.9 Å². The molecule has 0 aliphatic carbocycles. The molecule has 1 N–H and O–H groups in total. The minimum Gasteiger partial charge on any atom is -0.379 e. The van der Waals surface area contributed by atoms with Gasteiger partial charge in [-0.25, -0.2) is 0 Å². The minimum atomic E-state index is -0.165. The van der Waals surface area contributed by atoms with Gasteiger partial charge in [-0.1, -0.05) is 23.7 Å². The first-order valence-electron chi connectivity index (χ1n) is 8.57. The van der Waals surface area contributed by atoms with Crippen molar-refractivity contribution in [3.8, 4) is 0 Å². The normalized spacial score (nSPS) is 15.0. The van der Waals surface area contributed by atoms with Gasteiger partial charge < -0.3 is 10.1 Å². The summed E-state index contributed by atoms with van der Waals surface area (Å²) < 4.78 is 5.93. The molecule has 1 aromatic carbocycles. The van der Waals surface area contributed by atoms with Gasteiger partial charge in [0.2, 0.25) is 5.91 Å². The lowest BCUT2D eigenvalue weighted by Gasteiger charge is -2.26. The van der Waals surface area contributed by atoms with Gasteiger partial charge in [-0.05, 0) is 29.8 Å². The summed E-state index contributed by atoms with van der Waals surface area (Å²) in [5.74, 6) is -0.222. The Bertz CT molecular complexity index is 754. The summed E-state index contributed by atoms with van der Waals surface area (Å²) in [5, 5.41) is 2.84. The molecule has 1 saturated heterocycles. The van der Waals surface area contributed by atoms with Gasteiger partial charge in [0, 0.05) is 38.2 Å². The Balaban J connectivity index is 1.44. The average molecular weight is 393 g/mol. The summed E-state index contributed by atoms with van der Waals surface area (Å²) in [6.07, 6.45) is 0.335. The Morgan fingerprint density at radius 2 is 1.81 bits per heavy atom. The lowest BCUT2D eigenvalue weighted by Crippen LogP contribution is -2.35. The molecule has 2 aromatic rings. The number of thiophene rings is 1. The number of morpholine rings is 1. The first-order valence-corrected chi connectivity index (χ1v) is 9.77. The highest BCUT2D eigenvalue weighted by atomic mass is 35.5. The lowest BCUT2D eigenvalue weighted by molar-refractivity contribution is -0.116. The fourth-order valence-corrected chi connectivity index (χ4v) is 3.76. The molecule has 138 valence electrons. The summed E-state index contributed by atoms with van der Waals surface area (Å²) in [6.45, 7) is 4.34. The number of halogens is 1. The average Bonchev–Trinajstić information content (AvgIpc) is 3.09. The van der Waals surface area contributed by atoms with Crippen LogP contribution >= 0.6 is 22.9 Å². The van der Waals surface area contributed by atoms with Gasteiger partial charge in [0.1, 0.15) is 0 Å². The molecular weight excluding hydrogens is 372 g/mol. The number of nitrogens with zero attached hydrogens (tertiary/aromatic N) is 1. The van der Waals surface area contributed by atoms with Gasteiger partial charge in [0.15, 0.2) is 5.78 Å². The number of ether oxygens (including phenoxy) is 1. The molecule has 2 heterocycles. The molecule has 5 nitrogen and oxygen atoms in total. The third-order valence-electron chi connectivity index (χ3n) is 4.17. The monoisotopic (exact) mass is 392 g/mol. The zero-order valence-corrected chi connectivity index (χ0v) is 15.9. The van der Waals surface area contributed by atoms with Crippen LogP contribution in [0.4, 0.5) is 5.69 Å². The molecule has 3 rings (SSSR count). The van der Waals surface area contributed by atoms with Crippen molar-refractivity contribution in [3.05, 3.63) is 51.2 Å². The maximum Gasteiger partial charge on any atom is 0.224 e. The number of benzene rings is 1. The number of hydrogen-bond donors (Lipinski definition) is 1. The third kappa shape index (κ3) is 5.64. The van der Waals surface area contributed by atoms with Crippen LogP contribution in [0, 0.1) is 0 Å². The number of carbonyl (C=O) groups is 2. The molecule has 7 heteroatoms. The molecule has 1 aromatic heterocycles. The Morgan fingerprint density at radius 1 is 1.08 bits per heavy atom. The van der Waals surface area contributed by atoms with Crippen LogP contribution in [0.5, 0.6) is 0 Å². The maximum absolute atomic E-state index is 12.0. The third-order valence-corrected chi connectivity index (χ3v) is 5.45. The van der Waals surface area contributed by atoms with Gasteiger partial charge in [-0.15, -0.1) is 11.3 Å². The Morgan fingerprint density at radius 3 is 2.46 bits per heavy atom. The van der Waals surface area contributed by atoms with Crippen molar-refractivity contribution in [1.29, 1.82) is 0 Å². The second-order valence-corrected chi connectivity index (χ2v) is 7.88. The highest BCUT2D eigenvalue weighted by Crippen LogP contribution is 2.23. The molecule has 1 aliphatic heterocycles. The van der Waals surface area contributed by atoms with Crippen molar-refractivity contribution in [1.82, 2.24) is 4.90 Å². The van der Waals surface area contributed by atoms with E-state index < -0.39 is 0 Å². The zero-order valence-electron chi connectivity index (χ0n) is 14.4. The van der Waals surface area contributed by atoms with E-state index in [1.54, 1.807) is 12.1 Å². The predicted molar refractivity (Wildman–Crippen MR) is 104 cm³/mol. The summed E-state index contributed by atoms with van der Waals surface area (Å²) in [6, 6.07) is 11.2. The van der Waals surface area contributed by atoms with E-state index in [9.17, 15) is 9.59 Å². The minimum absolute atomic E-state index is 0.0575. The number of rotatable bonds is 7. The molecule has 0 bridgehead atoms. The molecule has 1 amide bonds. The van der Waals surface area contributed by atoms with Crippen LogP contribution < -0.4 is 5.32 Å². The number of carbonyl (C=O) groups excluding carboxylic acids is 2. The topological polar surface area (TPSA) is 58.6 Å². The van der Waals surface area contributed by atoms with Gasteiger partial charge in [-0.2, -0.15) is 0 Å². The first-order chi connectivity index (χ1) is 12.6. The largest absolute Gasteiger partial charge is 0.379 e. The van der Waals surface area contributed by atoms with Crippen molar-refractivity contribution in [2.45, 2.75) is 19.4 Å². The number of Topliss-reactive ketones (excluding diaryl/α,β-unsaturated/α-hetero) is 1. The van der Waals surface area contributed by atoms with E-state index >= 15 is 0 Å². The summed E-state index contributed by atoms with van der Waals surface area (Å²) in [4.78, 5) is 27.0. The molecular formula is C19H21ClN2O3S. The van der Waals surface area contributed by atoms with Crippen molar-refractivity contribution in [3.63, 3.8) is 0 Å². The fourth-order valence-electron chi connectivity index (χ4n) is 2.75. The summed E-state index contributed by atoms with van der Waals surface area (Å²) in [7, 11) is 0. The Hall–Kier alpha value is -1.73. The highest BCUT2D eigenvalue weighted by molar-refractivity contribution is 7.18. The van der Waals surface area contributed by atoms with Crippen LogP contribution in [0.25, 0.3) is 0 Å². The van der Waals surface area contributed by atoms with Crippen LogP contribution in [-0.2, 0) is 16.1 Å². The van der Waals surface area contributed by atoms with E-state index in [0.29, 0.717) is 9.21 Å². The molecule has 0 spiro atoms. The van der Waals surface area contributed by atoms with E-state index in [4.69, 9.17) is 16.3 Å². The van der Waals surface area contributed by atoms with Crippen LogP contribution in [0.3, 0.4) is 0 Å². The number of nitrogens with one attached hydrogen (secondary N) is 1. The van der Waals surface area contributed by atoms with E-state index in [1.165, 1.54) is 16.9 Å². The van der Waals surface area contributed by atoms with Crippen LogP contribution in [0.1, 0.15) is 28.1 Å². The number of anilines is 1. The molecule has 0 atom stereocenters. The van der Waals surface area contributed by atoms with Crippen molar-refractivity contribution >= 4 is 40.3 Å². The zero-order chi connectivity index (χ0) is 18.4. The van der Waals surface area contributed by atoms with E-state index in [0.717, 1.165) is 38.5 Å².